The molecule has 0 aliphatic carbocycles. The molecule has 156 valence electrons. The molecular formula is C26H24N2O3. The van der Waals surface area contributed by atoms with Gasteiger partial charge in [-0.05, 0) is 49.4 Å². The van der Waals surface area contributed by atoms with Gasteiger partial charge in [-0.1, -0.05) is 36.4 Å². The van der Waals surface area contributed by atoms with Crippen LogP contribution < -0.4 is 14.8 Å². The molecule has 0 aliphatic heterocycles. The third kappa shape index (κ3) is 4.03. The van der Waals surface area contributed by atoms with E-state index in [0.29, 0.717) is 17.1 Å². The molecule has 5 heteroatoms. The average molecular weight is 412 g/mol. The van der Waals surface area contributed by atoms with Crippen LogP contribution in [0, 0.1) is 6.92 Å². The zero-order valence-corrected chi connectivity index (χ0v) is 17.8. The maximum atomic E-state index is 13.1. The largest absolute Gasteiger partial charge is 0.497 e. The van der Waals surface area contributed by atoms with E-state index in [4.69, 9.17) is 9.47 Å². The Morgan fingerprint density at radius 1 is 0.839 bits per heavy atom. The highest BCUT2D eigenvalue weighted by molar-refractivity contribution is 6.06. The predicted molar refractivity (Wildman–Crippen MR) is 123 cm³/mol. The second kappa shape index (κ2) is 8.79. The monoisotopic (exact) mass is 412 g/mol. The normalized spacial score (nSPS) is 10.5. The fourth-order valence-electron chi connectivity index (χ4n) is 3.67. The number of anilines is 1. The second-order valence-electron chi connectivity index (χ2n) is 7.09. The highest BCUT2D eigenvalue weighted by Crippen LogP contribution is 2.37. The Morgan fingerprint density at radius 3 is 2.16 bits per heavy atom. The van der Waals surface area contributed by atoms with Gasteiger partial charge in [-0.3, -0.25) is 4.79 Å². The molecule has 0 radical (unpaired) electrons. The van der Waals surface area contributed by atoms with Gasteiger partial charge in [0.15, 0.2) is 0 Å². The first kappa shape index (κ1) is 20.3. The topological polar surface area (TPSA) is 52.5 Å². The van der Waals surface area contributed by atoms with Crippen LogP contribution in [0.5, 0.6) is 11.5 Å². The summed E-state index contributed by atoms with van der Waals surface area (Å²) in [5.41, 5.74) is 4.89. The van der Waals surface area contributed by atoms with Gasteiger partial charge >= 0.3 is 0 Å². The lowest BCUT2D eigenvalue weighted by molar-refractivity contribution is 0.102. The Morgan fingerprint density at radius 2 is 1.52 bits per heavy atom. The van der Waals surface area contributed by atoms with Crippen LogP contribution in [0.4, 0.5) is 5.69 Å². The molecule has 5 nitrogen and oxygen atoms in total. The molecule has 0 aliphatic rings. The summed E-state index contributed by atoms with van der Waals surface area (Å²) in [5, 5.41) is 2.99. The van der Waals surface area contributed by atoms with Crippen molar-refractivity contribution in [1.29, 1.82) is 0 Å². The molecule has 1 aromatic heterocycles. The van der Waals surface area contributed by atoms with E-state index >= 15 is 0 Å². The van der Waals surface area contributed by atoms with Crippen molar-refractivity contribution in [2.45, 2.75) is 6.92 Å². The minimum atomic E-state index is -0.160. The quantitative estimate of drug-likeness (QED) is 0.440. The molecule has 31 heavy (non-hydrogen) atoms. The van der Waals surface area contributed by atoms with Crippen molar-refractivity contribution in [3.8, 4) is 28.4 Å². The fraction of sp³-hybridized carbons (Fsp3) is 0.115. The van der Waals surface area contributed by atoms with Gasteiger partial charge in [0.05, 0.1) is 25.5 Å². The molecule has 3 aromatic carbocycles. The Labute approximate surface area is 181 Å². The zero-order valence-electron chi connectivity index (χ0n) is 17.8. The first-order valence-corrected chi connectivity index (χ1v) is 9.99. The van der Waals surface area contributed by atoms with Crippen molar-refractivity contribution in [3.63, 3.8) is 0 Å². The van der Waals surface area contributed by atoms with Gasteiger partial charge in [-0.2, -0.15) is 0 Å². The summed E-state index contributed by atoms with van der Waals surface area (Å²) in [7, 11) is 3.25. The lowest BCUT2D eigenvalue weighted by Crippen LogP contribution is -2.13. The molecule has 1 heterocycles. The Balaban J connectivity index is 1.87. The van der Waals surface area contributed by atoms with Crippen LogP contribution in [-0.4, -0.2) is 24.7 Å². The van der Waals surface area contributed by atoms with Gasteiger partial charge in [-0.25, -0.2) is 0 Å². The molecular weight excluding hydrogens is 388 g/mol. The number of benzene rings is 3. The molecule has 0 saturated carbocycles. The minimum Gasteiger partial charge on any atom is -0.497 e. The highest BCUT2D eigenvalue weighted by Gasteiger charge is 2.22. The molecule has 4 aromatic rings. The lowest BCUT2D eigenvalue weighted by atomic mass is 10.1. The number of methoxy groups -OCH3 is 2. The van der Waals surface area contributed by atoms with E-state index in [0.717, 1.165) is 28.3 Å². The van der Waals surface area contributed by atoms with Crippen molar-refractivity contribution in [3.05, 3.63) is 96.2 Å². The molecule has 0 fully saturated rings. The first-order valence-electron chi connectivity index (χ1n) is 9.99. The number of nitrogens with one attached hydrogen (secondary N) is 1. The van der Waals surface area contributed by atoms with E-state index in [1.165, 1.54) is 0 Å². The van der Waals surface area contributed by atoms with Crippen molar-refractivity contribution in [2.24, 2.45) is 0 Å². The summed E-state index contributed by atoms with van der Waals surface area (Å²) in [5.74, 6) is 1.22. The van der Waals surface area contributed by atoms with Crippen LogP contribution in [0.25, 0.3) is 16.9 Å². The molecule has 0 spiro atoms. The molecule has 0 bridgehead atoms. The lowest BCUT2D eigenvalue weighted by Gasteiger charge is -2.15. The number of carbonyl (C=O) groups is 1. The van der Waals surface area contributed by atoms with Crippen LogP contribution in [0.2, 0.25) is 0 Å². The molecule has 1 amide bonds. The summed E-state index contributed by atoms with van der Waals surface area (Å²) in [4.78, 5) is 13.1. The Bertz CT molecular complexity index is 1200. The summed E-state index contributed by atoms with van der Waals surface area (Å²) >= 11 is 0. The minimum absolute atomic E-state index is 0.160. The highest BCUT2D eigenvalue weighted by atomic mass is 16.5. The number of hydrogen-bond donors (Lipinski definition) is 1. The van der Waals surface area contributed by atoms with Crippen molar-refractivity contribution >= 4 is 11.6 Å². The summed E-state index contributed by atoms with van der Waals surface area (Å²) in [6.45, 7) is 1.95. The van der Waals surface area contributed by atoms with E-state index in [9.17, 15) is 4.79 Å². The molecule has 1 N–H and O–H groups in total. The summed E-state index contributed by atoms with van der Waals surface area (Å²) < 4.78 is 13.1. The van der Waals surface area contributed by atoms with Gasteiger partial charge in [0, 0.05) is 28.7 Å². The number of amides is 1. The van der Waals surface area contributed by atoms with E-state index in [1.54, 1.807) is 14.2 Å². The standard InChI is InChI=1S/C26H24N2O3/c1-18-23(26(29)27-19-10-6-4-7-11-19)17-24(28(18)20-12-8-5-9-13-20)22-15-14-21(30-2)16-25(22)31-3/h4-17H,1-3H3,(H,27,29). The second-order valence-corrected chi connectivity index (χ2v) is 7.09. The van der Waals surface area contributed by atoms with Gasteiger partial charge in [0.1, 0.15) is 11.5 Å². The van der Waals surface area contributed by atoms with Crippen LogP contribution in [0.1, 0.15) is 16.1 Å². The zero-order chi connectivity index (χ0) is 21.8. The number of hydrogen-bond acceptors (Lipinski definition) is 3. The maximum absolute atomic E-state index is 13.1. The predicted octanol–water partition coefficient (Wildman–Crippen LogP) is 5.72. The third-order valence-electron chi connectivity index (χ3n) is 5.22. The van der Waals surface area contributed by atoms with Crippen molar-refractivity contribution < 1.29 is 14.3 Å². The SMILES string of the molecule is COc1ccc(-c2cc(C(=O)Nc3ccccc3)c(C)n2-c2ccccc2)c(OC)c1. The van der Waals surface area contributed by atoms with Gasteiger partial charge in [0.2, 0.25) is 0 Å². The third-order valence-corrected chi connectivity index (χ3v) is 5.22. The number of nitrogens with zero attached hydrogens (tertiary/aromatic N) is 1. The molecule has 4 rings (SSSR count). The molecule has 0 unspecified atom stereocenters. The van der Waals surface area contributed by atoms with E-state index < -0.39 is 0 Å². The van der Waals surface area contributed by atoms with Crippen LogP contribution in [-0.2, 0) is 0 Å². The van der Waals surface area contributed by atoms with Gasteiger partial charge in [-0.15, -0.1) is 0 Å². The summed E-state index contributed by atoms with van der Waals surface area (Å²) in [6.07, 6.45) is 0. The number of aromatic nitrogens is 1. The summed E-state index contributed by atoms with van der Waals surface area (Å²) in [6, 6.07) is 27.0. The number of carbonyl (C=O) groups excluding carboxylic acids is 1. The van der Waals surface area contributed by atoms with Crippen LogP contribution in [0.15, 0.2) is 84.9 Å². The maximum Gasteiger partial charge on any atom is 0.257 e. The average Bonchev–Trinajstić information content (AvgIpc) is 3.16. The number of ether oxygens (including phenoxy) is 2. The van der Waals surface area contributed by atoms with Gasteiger partial charge < -0.3 is 19.4 Å². The molecule has 0 saturated heterocycles. The molecule has 0 atom stereocenters. The van der Waals surface area contributed by atoms with Crippen molar-refractivity contribution in [2.75, 3.05) is 19.5 Å². The van der Waals surface area contributed by atoms with E-state index in [-0.39, 0.29) is 5.91 Å². The number of rotatable bonds is 6. The van der Waals surface area contributed by atoms with Crippen LogP contribution >= 0.6 is 0 Å². The van der Waals surface area contributed by atoms with Crippen LogP contribution in [0.3, 0.4) is 0 Å². The fourth-order valence-corrected chi connectivity index (χ4v) is 3.67. The Kier molecular flexibility index (Phi) is 5.76. The Hall–Kier alpha value is -3.99. The van der Waals surface area contributed by atoms with Crippen molar-refractivity contribution in [1.82, 2.24) is 4.57 Å². The first-order chi connectivity index (χ1) is 15.1. The smallest absolute Gasteiger partial charge is 0.257 e. The van der Waals surface area contributed by atoms with Gasteiger partial charge in [0.25, 0.3) is 5.91 Å². The van der Waals surface area contributed by atoms with E-state index in [2.05, 4.69) is 9.88 Å². The van der Waals surface area contributed by atoms with E-state index in [1.807, 2.05) is 91.9 Å². The number of para-hydroxylation sites is 2.